The normalized spacial score (nSPS) is 22.2. The van der Waals surface area contributed by atoms with Gasteiger partial charge in [-0.05, 0) is 12.5 Å². The van der Waals surface area contributed by atoms with Gasteiger partial charge in [-0.1, -0.05) is 12.2 Å². The van der Waals surface area contributed by atoms with Crippen molar-refractivity contribution in [2.45, 2.75) is 12.6 Å². The zero-order valence-corrected chi connectivity index (χ0v) is 7.85. The Hall–Kier alpha value is -0.970. The molecule has 1 unspecified atom stereocenters. The maximum atomic E-state index is 12.9. The van der Waals surface area contributed by atoms with Crippen molar-refractivity contribution in [1.82, 2.24) is 9.97 Å². The van der Waals surface area contributed by atoms with Gasteiger partial charge in [-0.3, -0.25) is 0 Å². The summed E-state index contributed by atoms with van der Waals surface area (Å²) >= 11 is 4.95. The molecule has 1 aromatic heterocycles. The predicted molar refractivity (Wildman–Crippen MR) is 51.1 cm³/mol. The summed E-state index contributed by atoms with van der Waals surface area (Å²) in [6.45, 7) is 1.13. The minimum atomic E-state index is -0.732. The zero-order chi connectivity index (χ0) is 9.26. The molecule has 1 aliphatic rings. The molecule has 3 nitrogen and oxygen atoms in total. The smallest absolute Gasteiger partial charge is 0.203 e. The van der Waals surface area contributed by atoms with E-state index in [1.54, 1.807) is 12.3 Å². The van der Waals surface area contributed by atoms with Gasteiger partial charge in [0.15, 0.2) is 0 Å². The van der Waals surface area contributed by atoms with Gasteiger partial charge in [0.1, 0.15) is 10.8 Å². The summed E-state index contributed by atoms with van der Waals surface area (Å²) < 4.78 is 13.5. The van der Waals surface area contributed by atoms with Crippen LogP contribution in [-0.2, 0) is 0 Å². The molecule has 0 amide bonds. The summed E-state index contributed by atoms with van der Waals surface area (Å²) in [7, 11) is 0. The second-order valence-corrected chi connectivity index (χ2v) is 3.53. The van der Waals surface area contributed by atoms with E-state index in [9.17, 15) is 4.39 Å². The Morgan fingerprint density at radius 3 is 3.15 bits per heavy atom. The highest BCUT2D eigenvalue weighted by Gasteiger charge is 2.22. The van der Waals surface area contributed by atoms with E-state index in [0.717, 1.165) is 0 Å². The molecule has 1 atom stereocenters. The van der Waals surface area contributed by atoms with Crippen molar-refractivity contribution in [2.75, 3.05) is 18.0 Å². The van der Waals surface area contributed by atoms with Crippen LogP contribution in [0.4, 0.5) is 10.3 Å². The van der Waals surface area contributed by atoms with E-state index in [2.05, 4.69) is 9.97 Å². The minimum Gasteiger partial charge on any atom is -0.339 e. The Morgan fingerprint density at radius 1 is 1.69 bits per heavy atom. The van der Waals surface area contributed by atoms with Gasteiger partial charge in [0.25, 0.3) is 0 Å². The number of nitrogens with one attached hydrogen (secondary N) is 1. The monoisotopic (exact) mass is 199 g/mol. The van der Waals surface area contributed by atoms with Gasteiger partial charge in [-0.15, -0.1) is 0 Å². The van der Waals surface area contributed by atoms with Crippen molar-refractivity contribution >= 4 is 18.2 Å². The van der Waals surface area contributed by atoms with E-state index in [0.29, 0.717) is 30.1 Å². The van der Waals surface area contributed by atoms with Crippen LogP contribution in [0, 0.1) is 4.64 Å². The number of rotatable bonds is 1. The molecule has 5 heteroatoms. The third-order valence-electron chi connectivity index (χ3n) is 2.09. The maximum Gasteiger partial charge on any atom is 0.203 e. The lowest BCUT2D eigenvalue weighted by Crippen LogP contribution is -2.22. The number of H-pyrrole nitrogens is 1. The molecule has 1 aromatic rings. The molecule has 13 heavy (non-hydrogen) atoms. The molecule has 0 radical (unpaired) electrons. The van der Waals surface area contributed by atoms with Gasteiger partial charge in [0, 0.05) is 12.7 Å². The van der Waals surface area contributed by atoms with E-state index in [1.165, 1.54) is 0 Å². The molecule has 0 aliphatic carbocycles. The fourth-order valence-corrected chi connectivity index (χ4v) is 1.58. The first-order valence-corrected chi connectivity index (χ1v) is 4.61. The van der Waals surface area contributed by atoms with Crippen LogP contribution in [0.3, 0.4) is 0 Å². The first-order chi connectivity index (χ1) is 6.25. The molecule has 1 aliphatic heterocycles. The summed E-state index contributed by atoms with van der Waals surface area (Å²) in [6.07, 6.45) is 1.49. The van der Waals surface area contributed by atoms with Gasteiger partial charge < -0.3 is 9.88 Å². The molecule has 70 valence electrons. The second-order valence-electron chi connectivity index (χ2n) is 3.09. The first kappa shape index (κ1) is 8.62. The van der Waals surface area contributed by atoms with E-state index in [4.69, 9.17) is 12.2 Å². The summed E-state index contributed by atoms with van der Waals surface area (Å²) in [5.41, 5.74) is 0. The van der Waals surface area contributed by atoms with Crippen molar-refractivity contribution in [3.8, 4) is 0 Å². The summed E-state index contributed by atoms with van der Waals surface area (Å²) in [5, 5.41) is 0. The maximum absolute atomic E-state index is 12.9. The van der Waals surface area contributed by atoms with Crippen LogP contribution >= 0.6 is 12.2 Å². The third kappa shape index (κ3) is 1.85. The molecule has 2 rings (SSSR count). The highest BCUT2D eigenvalue weighted by atomic mass is 32.1. The van der Waals surface area contributed by atoms with Crippen molar-refractivity contribution in [3.63, 3.8) is 0 Å². The van der Waals surface area contributed by atoms with Gasteiger partial charge in [-0.25, -0.2) is 9.37 Å². The number of alkyl halides is 1. The number of hydrogen-bond donors (Lipinski definition) is 1. The lowest BCUT2D eigenvalue weighted by molar-refractivity contribution is 0.364. The molecule has 1 N–H and O–H groups in total. The highest BCUT2D eigenvalue weighted by Crippen LogP contribution is 2.17. The molecule has 0 spiro atoms. The predicted octanol–water partition coefficient (Wildman–Crippen LogP) is 1.69. The van der Waals surface area contributed by atoms with Crippen molar-refractivity contribution in [1.29, 1.82) is 0 Å². The number of halogens is 1. The average molecular weight is 199 g/mol. The fraction of sp³-hybridized carbons (Fsp3) is 0.500. The van der Waals surface area contributed by atoms with E-state index in [1.807, 2.05) is 4.90 Å². The van der Waals surface area contributed by atoms with Crippen molar-refractivity contribution < 1.29 is 4.39 Å². The molecule has 2 heterocycles. The molecule has 1 saturated heterocycles. The molecular formula is C8H10FN3S. The number of aromatic nitrogens is 2. The van der Waals surface area contributed by atoms with Gasteiger partial charge in [-0.2, -0.15) is 0 Å². The lowest BCUT2D eigenvalue weighted by atomic mass is 10.3. The Morgan fingerprint density at radius 2 is 2.54 bits per heavy atom. The zero-order valence-electron chi connectivity index (χ0n) is 7.03. The average Bonchev–Trinajstić information content (AvgIpc) is 2.52. The molecule has 0 aromatic carbocycles. The largest absolute Gasteiger partial charge is 0.339 e. The van der Waals surface area contributed by atoms with Crippen LogP contribution in [0.2, 0.25) is 0 Å². The fourth-order valence-electron chi connectivity index (χ4n) is 1.43. The van der Waals surface area contributed by atoms with Crippen LogP contribution < -0.4 is 4.90 Å². The van der Waals surface area contributed by atoms with Crippen LogP contribution in [-0.4, -0.2) is 29.2 Å². The Kier molecular flexibility index (Phi) is 2.26. The summed E-state index contributed by atoms with van der Waals surface area (Å²) in [6, 6.07) is 1.71. The minimum absolute atomic E-state index is 0.419. The van der Waals surface area contributed by atoms with Gasteiger partial charge >= 0.3 is 0 Å². The molecule has 0 bridgehead atoms. The van der Waals surface area contributed by atoms with Crippen LogP contribution in [0.5, 0.6) is 0 Å². The van der Waals surface area contributed by atoms with Crippen LogP contribution in [0.15, 0.2) is 12.3 Å². The summed E-state index contributed by atoms with van der Waals surface area (Å²) in [5.74, 6) is 0.674. The van der Waals surface area contributed by atoms with Crippen LogP contribution in [0.25, 0.3) is 0 Å². The number of aromatic amines is 1. The van der Waals surface area contributed by atoms with E-state index in [-0.39, 0.29) is 0 Å². The van der Waals surface area contributed by atoms with Gasteiger partial charge in [0.05, 0.1) is 6.54 Å². The Bertz CT molecular complexity index is 351. The molecule has 1 fully saturated rings. The molecule has 0 saturated carbocycles. The summed E-state index contributed by atoms with van der Waals surface area (Å²) in [4.78, 5) is 8.90. The van der Waals surface area contributed by atoms with Crippen molar-refractivity contribution in [3.05, 3.63) is 16.9 Å². The molecular weight excluding hydrogens is 189 g/mol. The SMILES string of the molecule is FC1CCN(c2nccc(=S)[nH]2)C1. The van der Waals surface area contributed by atoms with Crippen molar-refractivity contribution in [2.24, 2.45) is 0 Å². The third-order valence-corrected chi connectivity index (χ3v) is 2.33. The Labute approximate surface area is 80.6 Å². The quantitative estimate of drug-likeness (QED) is 0.698. The second kappa shape index (κ2) is 3.41. The number of hydrogen-bond acceptors (Lipinski definition) is 3. The van der Waals surface area contributed by atoms with Crippen LogP contribution in [0.1, 0.15) is 6.42 Å². The van der Waals surface area contributed by atoms with E-state index < -0.39 is 6.17 Å². The number of anilines is 1. The topological polar surface area (TPSA) is 31.9 Å². The van der Waals surface area contributed by atoms with E-state index >= 15 is 0 Å². The lowest BCUT2D eigenvalue weighted by Gasteiger charge is -2.14. The first-order valence-electron chi connectivity index (χ1n) is 4.20. The standard InChI is InChI=1S/C8H10FN3S/c9-6-2-4-12(5-6)8-10-3-1-7(13)11-8/h1,3,6H,2,4-5H2,(H,10,11,13). The number of nitrogens with zero attached hydrogens (tertiary/aromatic N) is 2. The van der Waals surface area contributed by atoms with Gasteiger partial charge in [0.2, 0.25) is 5.95 Å². The highest BCUT2D eigenvalue weighted by molar-refractivity contribution is 7.71. The Balaban J connectivity index is 2.21.